The number of carbonyl (C=O) groups is 1. The Balaban J connectivity index is 1.91. The Morgan fingerprint density at radius 2 is 2.44 bits per heavy atom. The molecule has 98 valence electrons. The molecule has 3 heterocycles. The van der Waals surface area contributed by atoms with Crippen LogP contribution in [0.3, 0.4) is 0 Å². The van der Waals surface area contributed by atoms with E-state index in [2.05, 4.69) is 15.6 Å². The fourth-order valence-electron chi connectivity index (χ4n) is 2.63. The topological polar surface area (TPSA) is 78.3 Å². The van der Waals surface area contributed by atoms with Crippen molar-refractivity contribution in [1.82, 2.24) is 15.0 Å². The Labute approximate surface area is 104 Å². The maximum atomic E-state index is 11.6. The molecule has 7 nitrogen and oxygen atoms in total. The molecule has 0 amide bonds. The molecular weight excluding hydrogens is 236 g/mol. The summed E-state index contributed by atoms with van der Waals surface area (Å²) < 4.78 is 12.2. The van der Waals surface area contributed by atoms with E-state index in [1.165, 1.54) is 7.11 Å². The average Bonchev–Trinajstić information content (AvgIpc) is 3.06. The van der Waals surface area contributed by atoms with Gasteiger partial charge in [-0.25, -0.2) is 9.48 Å². The van der Waals surface area contributed by atoms with Gasteiger partial charge < -0.3 is 14.8 Å². The number of anilines is 1. The minimum absolute atomic E-state index is 0.162. The highest BCUT2D eigenvalue weighted by Crippen LogP contribution is 2.32. The Morgan fingerprint density at radius 3 is 3.17 bits per heavy atom. The third kappa shape index (κ3) is 1.74. The molecule has 0 aliphatic carbocycles. The summed E-state index contributed by atoms with van der Waals surface area (Å²) in [6.07, 6.45) is 3.24. The average molecular weight is 252 g/mol. The number of carbonyl (C=O) groups excluding carboxylic acids is 1. The highest BCUT2D eigenvalue weighted by atomic mass is 16.5. The second kappa shape index (κ2) is 4.56. The maximum Gasteiger partial charge on any atom is 0.362 e. The first-order chi connectivity index (χ1) is 8.81. The fourth-order valence-corrected chi connectivity index (χ4v) is 2.63. The second-order valence-corrected chi connectivity index (χ2v) is 4.56. The highest BCUT2D eigenvalue weighted by Gasteiger charge is 2.34. The quantitative estimate of drug-likeness (QED) is 0.777. The van der Waals surface area contributed by atoms with Crippen molar-refractivity contribution in [2.75, 3.05) is 25.6 Å². The van der Waals surface area contributed by atoms with Crippen LogP contribution in [0, 0.1) is 0 Å². The number of esters is 1. The number of hydrogen-bond acceptors (Lipinski definition) is 6. The number of nitrogens with zero attached hydrogens (tertiary/aromatic N) is 3. The molecule has 2 atom stereocenters. The normalized spacial score (nSPS) is 26.5. The molecule has 1 N–H and O–H groups in total. The minimum atomic E-state index is -0.461. The summed E-state index contributed by atoms with van der Waals surface area (Å²) >= 11 is 0. The zero-order valence-corrected chi connectivity index (χ0v) is 10.3. The second-order valence-electron chi connectivity index (χ2n) is 4.56. The van der Waals surface area contributed by atoms with Gasteiger partial charge in [-0.2, -0.15) is 0 Å². The lowest BCUT2D eigenvalue weighted by atomic mass is 10.0. The Hall–Kier alpha value is -1.63. The van der Waals surface area contributed by atoms with E-state index in [4.69, 9.17) is 9.47 Å². The van der Waals surface area contributed by atoms with E-state index in [0.717, 1.165) is 32.4 Å². The van der Waals surface area contributed by atoms with Gasteiger partial charge >= 0.3 is 5.97 Å². The summed E-state index contributed by atoms with van der Waals surface area (Å²) in [6, 6.07) is 0.162. The molecule has 0 bridgehead atoms. The largest absolute Gasteiger partial charge is 0.464 e. The molecule has 2 aliphatic heterocycles. The van der Waals surface area contributed by atoms with Crippen LogP contribution in [0.25, 0.3) is 0 Å². The van der Waals surface area contributed by atoms with E-state index in [0.29, 0.717) is 5.82 Å². The lowest BCUT2D eigenvalue weighted by molar-refractivity contribution is 0.0575. The summed E-state index contributed by atoms with van der Waals surface area (Å²) in [6.45, 7) is 1.60. The van der Waals surface area contributed by atoms with E-state index in [1.54, 1.807) is 4.68 Å². The standard InChI is InChI=1S/C11H16N4O3/c1-17-11(16)9-10-12-5-4-7(15(10)14-13-9)8-3-2-6-18-8/h7-8,12H,2-6H2,1H3. The van der Waals surface area contributed by atoms with Crippen LogP contribution in [-0.4, -0.2) is 47.3 Å². The number of nitrogens with one attached hydrogen (secondary N) is 1. The zero-order chi connectivity index (χ0) is 12.5. The molecule has 7 heteroatoms. The van der Waals surface area contributed by atoms with E-state index in [-0.39, 0.29) is 17.8 Å². The highest BCUT2D eigenvalue weighted by molar-refractivity contribution is 5.92. The van der Waals surface area contributed by atoms with Gasteiger partial charge in [-0.3, -0.25) is 0 Å². The molecule has 0 saturated carbocycles. The number of rotatable bonds is 2. The van der Waals surface area contributed by atoms with Gasteiger partial charge in [-0.1, -0.05) is 5.21 Å². The lowest BCUT2D eigenvalue weighted by Crippen LogP contribution is -2.32. The molecule has 18 heavy (non-hydrogen) atoms. The summed E-state index contributed by atoms with van der Waals surface area (Å²) in [4.78, 5) is 11.6. The molecule has 2 unspecified atom stereocenters. The van der Waals surface area contributed by atoms with Gasteiger partial charge in [0.05, 0.1) is 19.3 Å². The van der Waals surface area contributed by atoms with Crippen molar-refractivity contribution in [3.63, 3.8) is 0 Å². The maximum absolute atomic E-state index is 11.6. The molecule has 0 spiro atoms. The van der Waals surface area contributed by atoms with E-state index in [1.807, 2.05) is 0 Å². The molecule has 1 aromatic rings. The van der Waals surface area contributed by atoms with Crippen LogP contribution < -0.4 is 5.32 Å². The van der Waals surface area contributed by atoms with Crippen molar-refractivity contribution in [3.8, 4) is 0 Å². The first-order valence-electron chi connectivity index (χ1n) is 6.20. The molecular formula is C11H16N4O3. The summed E-state index contributed by atoms with van der Waals surface area (Å²) in [5.74, 6) is 0.186. The van der Waals surface area contributed by atoms with Crippen LogP contribution in [0.15, 0.2) is 0 Å². The number of ether oxygens (including phenoxy) is 2. The van der Waals surface area contributed by atoms with E-state index >= 15 is 0 Å². The number of aromatic nitrogens is 3. The van der Waals surface area contributed by atoms with Crippen molar-refractivity contribution in [3.05, 3.63) is 5.69 Å². The SMILES string of the molecule is COC(=O)c1nnn2c1NCCC2C1CCCO1. The van der Waals surface area contributed by atoms with Crippen molar-refractivity contribution in [2.45, 2.75) is 31.4 Å². The first-order valence-corrected chi connectivity index (χ1v) is 6.20. The minimum Gasteiger partial charge on any atom is -0.464 e. The van der Waals surface area contributed by atoms with Crippen LogP contribution in [0.4, 0.5) is 5.82 Å². The van der Waals surface area contributed by atoms with Gasteiger partial charge in [-0.15, -0.1) is 5.10 Å². The molecule has 3 rings (SSSR count). The van der Waals surface area contributed by atoms with Crippen LogP contribution in [-0.2, 0) is 9.47 Å². The van der Waals surface area contributed by atoms with Crippen molar-refractivity contribution >= 4 is 11.8 Å². The molecule has 0 radical (unpaired) electrons. The fraction of sp³-hybridized carbons (Fsp3) is 0.727. The summed E-state index contributed by atoms with van der Waals surface area (Å²) in [7, 11) is 1.34. The molecule has 1 saturated heterocycles. The van der Waals surface area contributed by atoms with Gasteiger partial charge in [0.1, 0.15) is 0 Å². The first kappa shape index (κ1) is 11.5. The molecule has 1 aromatic heterocycles. The van der Waals surface area contributed by atoms with Gasteiger partial charge in [0.25, 0.3) is 0 Å². The van der Waals surface area contributed by atoms with E-state index in [9.17, 15) is 4.79 Å². The lowest BCUT2D eigenvalue weighted by Gasteiger charge is -2.28. The summed E-state index contributed by atoms with van der Waals surface area (Å²) in [5.41, 5.74) is 0.250. The summed E-state index contributed by atoms with van der Waals surface area (Å²) in [5, 5.41) is 11.1. The zero-order valence-electron chi connectivity index (χ0n) is 10.3. The molecule has 0 aromatic carbocycles. The number of methoxy groups -OCH3 is 1. The third-order valence-electron chi connectivity index (χ3n) is 3.51. The van der Waals surface area contributed by atoms with E-state index < -0.39 is 5.97 Å². The third-order valence-corrected chi connectivity index (χ3v) is 3.51. The molecule has 2 aliphatic rings. The van der Waals surface area contributed by atoms with Crippen molar-refractivity contribution in [1.29, 1.82) is 0 Å². The van der Waals surface area contributed by atoms with Crippen LogP contribution in [0.2, 0.25) is 0 Å². The predicted octanol–water partition coefficient (Wildman–Crippen LogP) is 0.600. The Bertz CT molecular complexity index is 453. The number of fused-ring (bicyclic) bond motifs is 1. The molecule has 1 fully saturated rings. The van der Waals surface area contributed by atoms with Gasteiger partial charge in [-0.05, 0) is 19.3 Å². The number of hydrogen-bond donors (Lipinski definition) is 1. The smallest absolute Gasteiger partial charge is 0.362 e. The Kier molecular flexibility index (Phi) is 2.91. The van der Waals surface area contributed by atoms with Gasteiger partial charge in [0, 0.05) is 13.2 Å². The monoisotopic (exact) mass is 252 g/mol. The Morgan fingerprint density at radius 1 is 1.56 bits per heavy atom. The van der Waals surface area contributed by atoms with Crippen LogP contribution >= 0.6 is 0 Å². The van der Waals surface area contributed by atoms with Gasteiger partial charge in [0.2, 0.25) is 5.69 Å². The predicted molar refractivity (Wildman–Crippen MR) is 62.5 cm³/mol. The van der Waals surface area contributed by atoms with Crippen molar-refractivity contribution < 1.29 is 14.3 Å². The van der Waals surface area contributed by atoms with Gasteiger partial charge in [0.15, 0.2) is 5.82 Å². The van der Waals surface area contributed by atoms with Crippen LogP contribution in [0.5, 0.6) is 0 Å². The van der Waals surface area contributed by atoms with Crippen LogP contribution in [0.1, 0.15) is 35.8 Å². The van der Waals surface area contributed by atoms with Crippen molar-refractivity contribution in [2.24, 2.45) is 0 Å².